The molecule has 0 bridgehead atoms. The molecule has 1 N–H and O–H groups in total. The van der Waals surface area contributed by atoms with Crippen LogP contribution in [0.5, 0.6) is 5.75 Å². The Morgan fingerprint density at radius 1 is 1.09 bits per heavy atom. The van der Waals surface area contributed by atoms with Crippen molar-refractivity contribution in [2.75, 3.05) is 25.0 Å². The molecule has 0 unspecified atom stereocenters. The van der Waals surface area contributed by atoms with E-state index in [-0.39, 0.29) is 35.9 Å². The quantitative estimate of drug-likeness (QED) is 0.617. The van der Waals surface area contributed by atoms with E-state index in [0.717, 1.165) is 18.5 Å². The fourth-order valence-corrected chi connectivity index (χ4v) is 3.10. The summed E-state index contributed by atoms with van der Waals surface area (Å²) in [5, 5.41) is 7.71. The topological polar surface area (TPSA) is 76.5 Å². The molecule has 32 heavy (non-hydrogen) atoms. The number of hydrogen-bond donors (Lipinski definition) is 1. The number of ether oxygens (including phenoxy) is 1. The van der Waals surface area contributed by atoms with Crippen LogP contribution in [0.3, 0.4) is 0 Å². The maximum Gasteiger partial charge on any atom is 0.260 e. The van der Waals surface area contributed by atoms with Gasteiger partial charge in [-0.3, -0.25) is 9.59 Å². The van der Waals surface area contributed by atoms with Gasteiger partial charge in [0.15, 0.2) is 6.61 Å². The summed E-state index contributed by atoms with van der Waals surface area (Å²) in [6.07, 6.45) is 1.75. The number of carbonyl (C=O) groups excluding carboxylic acids is 2. The molecule has 1 aromatic carbocycles. The second-order valence-electron chi connectivity index (χ2n) is 10.1. The Bertz CT molecular complexity index is 892. The first-order valence-corrected chi connectivity index (χ1v) is 11.3. The first kappa shape index (κ1) is 25.4. The van der Waals surface area contributed by atoms with E-state index in [9.17, 15) is 9.59 Å². The molecule has 0 spiro atoms. The Morgan fingerprint density at radius 2 is 1.75 bits per heavy atom. The summed E-state index contributed by atoms with van der Waals surface area (Å²) in [4.78, 5) is 27.3. The van der Waals surface area contributed by atoms with Gasteiger partial charge in [-0.1, -0.05) is 52.3 Å². The molecule has 7 heteroatoms. The second kappa shape index (κ2) is 10.7. The smallest absolute Gasteiger partial charge is 0.260 e. The van der Waals surface area contributed by atoms with Crippen molar-refractivity contribution in [2.24, 2.45) is 0 Å². The van der Waals surface area contributed by atoms with Gasteiger partial charge >= 0.3 is 0 Å². The third kappa shape index (κ3) is 7.39. The maximum absolute atomic E-state index is 12.9. The highest BCUT2D eigenvalue weighted by atomic mass is 16.5. The minimum absolute atomic E-state index is 0.0306. The summed E-state index contributed by atoms with van der Waals surface area (Å²) in [6, 6.07) is 11.1. The van der Waals surface area contributed by atoms with Gasteiger partial charge in [-0.05, 0) is 39.3 Å². The Labute approximate surface area is 192 Å². The molecular weight excluding hydrogens is 404 g/mol. The molecule has 0 aliphatic carbocycles. The van der Waals surface area contributed by atoms with Crippen LogP contribution in [-0.2, 0) is 20.5 Å². The molecule has 0 aliphatic heterocycles. The standard InChI is InChI=1S/C25H38N4O3/c1-8-9-15-28(23(31)18-32-19-13-11-10-12-14-19)17-22(30)26-21-16-20(24(2,3)4)27-29(21)25(5,6)7/h10-14,16H,8-9,15,17-18H2,1-7H3,(H,26,30). The lowest BCUT2D eigenvalue weighted by Gasteiger charge is -2.24. The number of rotatable bonds is 9. The zero-order chi connectivity index (χ0) is 23.9. The number of aromatic nitrogens is 2. The van der Waals surface area contributed by atoms with E-state index in [1.807, 2.05) is 49.7 Å². The number of para-hydroxylation sites is 1. The third-order valence-corrected chi connectivity index (χ3v) is 4.95. The highest BCUT2D eigenvalue weighted by Gasteiger charge is 2.26. The van der Waals surface area contributed by atoms with Crippen LogP contribution in [-0.4, -0.2) is 46.2 Å². The molecule has 2 rings (SSSR count). The van der Waals surface area contributed by atoms with Crippen LogP contribution in [0.1, 0.15) is 67.0 Å². The van der Waals surface area contributed by atoms with E-state index in [4.69, 9.17) is 9.84 Å². The molecule has 0 radical (unpaired) electrons. The van der Waals surface area contributed by atoms with Gasteiger partial charge in [-0.25, -0.2) is 4.68 Å². The average molecular weight is 443 g/mol. The monoisotopic (exact) mass is 442 g/mol. The van der Waals surface area contributed by atoms with Crippen molar-refractivity contribution in [3.8, 4) is 5.75 Å². The van der Waals surface area contributed by atoms with Crippen molar-refractivity contribution < 1.29 is 14.3 Å². The third-order valence-electron chi connectivity index (χ3n) is 4.95. The van der Waals surface area contributed by atoms with Crippen molar-refractivity contribution in [1.82, 2.24) is 14.7 Å². The summed E-state index contributed by atoms with van der Waals surface area (Å²) in [6.45, 7) is 14.8. The van der Waals surface area contributed by atoms with E-state index >= 15 is 0 Å². The molecule has 2 aromatic rings. The molecule has 2 amide bonds. The molecule has 0 fully saturated rings. The lowest BCUT2D eigenvalue weighted by atomic mass is 9.92. The Kier molecular flexibility index (Phi) is 8.47. The fourth-order valence-electron chi connectivity index (χ4n) is 3.10. The Hall–Kier alpha value is -2.83. The van der Waals surface area contributed by atoms with Gasteiger partial charge in [0.25, 0.3) is 5.91 Å². The lowest BCUT2D eigenvalue weighted by Crippen LogP contribution is -2.41. The van der Waals surface area contributed by atoms with Crippen LogP contribution in [0, 0.1) is 0 Å². The fraction of sp³-hybridized carbons (Fsp3) is 0.560. The van der Waals surface area contributed by atoms with Crippen molar-refractivity contribution in [3.05, 3.63) is 42.1 Å². The Balaban J connectivity index is 2.11. The summed E-state index contributed by atoms with van der Waals surface area (Å²) in [7, 11) is 0. The van der Waals surface area contributed by atoms with Gasteiger partial charge in [0, 0.05) is 18.0 Å². The van der Waals surface area contributed by atoms with Gasteiger partial charge < -0.3 is 15.0 Å². The minimum atomic E-state index is -0.298. The minimum Gasteiger partial charge on any atom is -0.484 e. The van der Waals surface area contributed by atoms with E-state index < -0.39 is 0 Å². The summed E-state index contributed by atoms with van der Waals surface area (Å²) >= 11 is 0. The first-order chi connectivity index (χ1) is 14.9. The number of carbonyl (C=O) groups is 2. The average Bonchev–Trinajstić information content (AvgIpc) is 3.14. The zero-order valence-corrected chi connectivity index (χ0v) is 20.6. The molecule has 176 valence electrons. The van der Waals surface area contributed by atoms with Crippen LogP contribution in [0.2, 0.25) is 0 Å². The summed E-state index contributed by atoms with van der Waals surface area (Å²) in [5.74, 6) is 0.803. The number of nitrogens with one attached hydrogen (secondary N) is 1. The summed E-state index contributed by atoms with van der Waals surface area (Å²) < 4.78 is 7.43. The number of benzene rings is 1. The number of unbranched alkanes of at least 4 members (excludes halogenated alkanes) is 1. The molecule has 0 saturated heterocycles. The first-order valence-electron chi connectivity index (χ1n) is 11.3. The molecule has 0 aliphatic rings. The van der Waals surface area contributed by atoms with Gasteiger partial charge in [-0.2, -0.15) is 5.10 Å². The highest BCUT2D eigenvalue weighted by Crippen LogP contribution is 2.28. The van der Waals surface area contributed by atoms with Crippen LogP contribution < -0.4 is 10.1 Å². The SMILES string of the molecule is CCCCN(CC(=O)Nc1cc(C(C)(C)C)nn1C(C)(C)C)C(=O)COc1ccccc1. The number of anilines is 1. The summed E-state index contributed by atoms with van der Waals surface area (Å²) in [5.41, 5.74) is 0.458. The van der Waals surface area contributed by atoms with Crippen LogP contribution in [0.15, 0.2) is 36.4 Å². The van der Waals surface area contributed by atoms with Crippen LogP contribution in [0.4, 0.5) is 5.82 Å². The maximum atomic E-state index is 12.9. The number of amides is 2. The van der Waals surface area contributed by atoms with Gasteiger partial charge in [0.05, 0.1) is 11.2 Å². The van der Waals surface area contributed by atoms with Crippen molar-refractivity contribution in [1.29, 1.82) is 0 Å². The normalized spacial score (nSPS) is 11.8. The number of nitrogens with zero attached hydrogens (tertiary/aromatic N) is 3. The molecule has 7 nitrogen and oxygen atoms in total. The predicted molar refractivity (Wildman–Crippen MR) is 128 cm³/mol. The van der Waals surface area contributed by atoms with Gasteiger partial charge in [0.1, 0.15) is 18.1 Å². The Morgan fingerprint density at radius 3 is 2.31 bits per heavy atom. The van der Waals surface area contributed by atoms with Gasteiger partial charge in [-0.15, -0.1) is 0 Å². The van der Waals surface area contributed by atoms with E-state index in [0.29, 0.717) is 18.1 Å². The van der Waals surface area contributed by atoms with E-state index in [1.165, 1.54) is 0 Å². The molecule has 1 heterocycles. The number of hydrogen-bond acceptors (Lipinski definition) is 4. The molecular formula is C25H38N4O3. The lowest BCUT2D eigenvalue weighted by molar-refractivity contribution is -0.136. The second-order valence-corrected chi connectivity index (χ2v) is 10.1. The van der Waals surface area contributed by atoms with Crippen molar-refractivity contribution in [3.63, 3.8) is 0 Å². The van der Waals surface area contributed by atoms with E-state index in [2.05, 4.69) is 33.0 Å². The van der Waals surface area contributed by atoms with Crippen molar-refractivity contribution >= 4 is 17.6 Å². The zero-order valence-electron chi connectivity index (χ0n) is 20.6. The predicted octanol–water partition coefficient (Wildman–Crippen LogP) is 4.58. The highest BCUT2D eigenvalue weighted by molar-refractivity contribution is 5.94. The van der Waals surface area contributed by atoms with Gasteiger partial charge in [0.2, 0.25) is 5.91 Å². The van der Waals surface area contributed by atoms with Crippen LogP contribution >= 0.6 is 0 Å². The van der Waals surface area contributed by atoms with Crippen LogP contribution in [0.25, 0.3) is 0 Å². The van der Waals surface area contributed by atoms with Crippen molar-refractivity contribution in [2.45, 2.75) is 72.3 Å². The molecule has 1 aromatic heterocycles. The molecule has 0 atom stereocenters. The molecule has 0 saturated carbocycles. The van der Waals surface area contributed by atoms with E-state index in [1.54, 1.807) is 17.0 Å². The largest absolute Gasteiger partial charge is 0.484 e.